The summed E-state index contributed by atoms with van der Waals surface area (Å²) in [5.41, 5.74) is 1.16. The van der Waals surface area contributed by atoms with Gasteiger partial charge in [-0.1, -0.05) is 11.6 Å². The Kier molecular flexibility index (Phi) is 2.77. The van der Waals surface area contributed by atoms with Crippen molar-refractivity contribution in [2.24, 2.45) is 0 Å². The van der Waals surface area contributed by atoms with Gasteiger partial charge in [0.15, 0.2) is 17.5 Å². The zero-order valence-corrected chi connectivity index (χ0v) is 7.48. The number of hydrogen-bond acceptors (Lipinski definition) is 1. The normalized spacial score (nSPS) is 11.9. The van der Waals surface area contributed by atoms with Crippen LogP contribution < -0.4 is 5.73 Å². The zero-order chi connectivity index (χ0) is 12.0. The minimum Gasteiger partial charge on any atom is -0.395 e. The zero-order valence-electron chi connectivity index (χ0n) is 6.72. The molecule has 0 spiro atoms. The summed E-state index contributed by atoms with van der Waals surface area (Å²) in [4.78, 5) is 0. The standard InChI is InChI=1S/C7H2ClF6N/c8-2-3(9)1(7(12,13)14)4(10)5(11)6(2)15/h15H2. The Morgan fingerprint density at radius 3 is 1.80 bits per heavy atom. The van der Waals surface area contributed by atoms with Crippen molar-refractivity contribution in [1.82, 2.24) is 0 Å². The topological polar surface area (TPSA) is 26.0 Å². The van der Waals surface area contributed by atoms with Crippen LogP contribution in [0, 0.1) is 17.5 Å². The molecule has 0 aromatic heterocycles. The lowest BCUT2D eigenvalue weighted by Gasteiger charge is -2.12. The molecule has 0 fully saturated rings. The van der Waals surface area contributed by atoms with E-state index in [1.807, 2.05) is 0 Å². The van der Waals surface area contributed by atoms with Crippen LogP contribution in [0.25, 0.3) is 0 Å². The van der Waals surface area contributed by atoms with Gasteiger partial charge in [0, 0.05) is 0 Å². The van der Waals surface area contributed by atoms with Crippen molar-refractivity contribution < 1.29 is 26.3 Å². The third-order valence-electron chi connectivity index (χ3n) is 1.58. The summed E-state index contributed by atoms with van der Waals surface area (Å²) in [7, 11) is 0. The third-order valence-corrected chi connectivity index (χ3v) is 1.95. The SMILES string of the molecule is Nc1c(F)c(F)c(C(F)(F)F)c(F)c1Cl. The fourth-order valence-electron chi connectivity index (χ4n) is 0.898. The quantitative estimate of drug-likeness (QED) is 0.426. The molecule has 8 heteroatoms. The van der Waals surface area contributed by atoms with Crippen molar-refractivity contribution >= 4 is 17.3 Å². The Morgan fingerprint density at radius 1 is 0.933 bits per heavy atom. The van der Waals surface area contributed by atoms with Crippen LogP contribution in [0.15, 0.2) is 0 Å². The minimum atomic E-state index is -5.38. The van der Waals surface area contributed by atoms with E-state index in [4.69, 9.17) is 17.3 Å². The predicted octanol–water partition coefficient (Wildman–Crippen LogP) is 3.36. The smallest absolute Gasteiger partial charge is 0.395 e. The van der Waals surface area contributed by atoms with Crippen LogP contribution in [0.2, 0.25) is 5.02 Å². The molecule has 2 N–H and O–H groups in total. The summed E-state index contributed by atoms with van der Waals surface area (Å²) in [6.45, 7) is 0. The molecular weight excluding hydrogens is 248 g/mol. The van der Waals surface area contributed by atoms with Crippen LogP contribution in [0.1, 0.15) is 5.56 Å². The molecule has 0 aliphatic rings. The molecule has 0 aliphatic carbocycles. The Balaban J connectivity index is 3.68. The molecule has 1 aromatic carbocycles. The molecule has 0 radical (unpaired) electrons. The van der Waals surface area contributed by atoms with Gasteiger partial charge in [-0.2, -0.15) is 13.2 Å². The highest BCUT2D eigenvalue weighted by Gasteiger charge is 2.41. The molecular formula is C7H2ClF6N. The molecule has 0 atom stereocenters. The van der Waals surface area contributed by atoms with Crippen LogP contribution in [0.5, 0.6) is 0 Å². The lowest BCUT2D eigenvalue weighted by atomic mass is 10.1. The second kappa shape index (κ2) is 3.48. The minimum absolute atomic E-state index is 1.19. The number of hydrogen-bond donors (Lipinski definition) is 1. The largest absolute Gasteiger partial charge is 0.422 e. The first-order valence-electron chi connectivity index (χ1n) is 3.36. The number of halogens is 7. The summed E-state index contributed by atoms with van der Waals surface area (Å²) in [6.07, 6.45) is -5.38. The van der Waals surface area contributed by atoms with E-state index in [0.29, 0.717) is 0 Å². The molecule has 1 rings (SSSR count). The van der Waals surface area contributed by atoms with Crippen LogP contribution >= 0.6 is 11.6 Å². The molecule has 0 unspecified atom stereocenters. The van der Waals surface area contributed by atoms with Gasteiger partial charge in [-0.25, -0.2) is 13.2 Å². The van der Waals surface area contributed by atoms with Gasteiger partial charge in [0.25, 0.3) is 0 Å². The van der Waals surface area contributed by atoms with E-state index in [1.54, 1.807) is 0 Å². The Morgan fingerprint density at radius 2 is 1.40 bits per heavy atom. The van der Waals surface area contributed by atoms with E-state index in [0.717, 1.165) is 0 Å². The maximum absolute atomic E-state index is 12.9. The molecule has 0 bridgehead atoms. The first-order valence-corrected chi connectivity index (χ1v) is 3.74. The van der Waals surface area contributed by atoms with Gasteiger partial charge in [0.2, 0.25) is 0 Å². The highest BCUT2D eigenvalue weighted by molar-refractivity contribution is 6.33. The van der Waals surface area contributed by atoms with Crippen LogP contribution in [-0.4, -0.2) is 0 Å². The second-order valence-electron chi connectivity index (χ2n) is 2.54. The molecule has 1 aromatic rings. The summed E-state index contributed by atoms with van der Waals surface area (Å²) >= 11 is 4.96. The molecule has 1 nitrogen and oxygen atoms in total. The van der Waals surface area contributed by atoms with Crippen molar-refractivity contribution in [2.45, 2.75) is 6.18 Å². The van der Waals surface area contributed by atoms with Crippen molar-refractivity contribution in [2.75, 3.05) is 5.73 Å². The molecule has 0 heterocycles. The van der Waals surface area contributed by atoms with E-state index >= 15 is 0 Å². The number of nitrogen functional groups attached to an aromatic ring is 1. The fourth-order valence-corrected chi connectivity index (χ4v) is 1.07. The highest BCUT2D eigenvalue weighted by Crippen LogP contribution is 2.39. The van der Waals surface area contributed by atoms with Gasteiger partial charge in [-0.05, 0) is 0 Å². The Hall–Kier alpha value is -1.11. The van der Waals surface area contributed by atoms with Gasteiger partial charge >= 0.3 is 6.18 Å². The second-order valence-corrected chi connectivity index (χ2v) is 2.92. The summed E-state index contributed by atoms with van der Waals surface area (Å²) in [5.74, 6) is -6.55. The van der Waals surface area contributed by atoms with Crippen molar-refractivity contribution in [3.05, 3.63) is 28.0 Å². The van der Waals surface area contributed by atoms with Crippen LogP contribution in [0.3, 0.4) is 0 Å². The number of anilines is 1. The lowest BCUT2D eigenvalue weighted by molar-refractivity contribution is -0.142. The number of rotatable bonds is 0. The van der Waals surface area contributed by atoms with Gasteiger partial charge < -0.3 is 5.73 Å². The molecule has 15 heavy (non-hydrogen) atoms. The first kappa shape index (κ1) is 12.0. The van der Waals surface area contributed by atoms with Crippen LogP contribution in [0.4, 0.5) is 32.0 Å². The van der Waals surface area contributed by atoms with Gasteiger partial charge in [-0.3, -0.25) is 0 Å². The number of nitrogens with two attached hydrogens (primary N) is 1. The molecule has 0 saturated heterocycles. The third kappa shape index (κ3) is 1.83. The monoisotopic (exact) mass is 249 g/mol. The fraction of sp³-hybridized carbons (Fsp3) is 0.143. The Labute approximate surface area is 84.4 Å². The van der Waals surface area contributed by atoms with E-state index in [1.165, 1.54) is 0 Å². The first-order chi connectivity index (χ1) is 6.68. The highest BCUT2D eigenvalue weighted by atomic mass is 35.5. The van der Waals surface area contributed by atoms with Gasteiger partial charge in [-0.15, -0.1) is 0 Å². The van der Waals surface area contributed by atoms with Crippen molar-refractivity contribution in [3.63, 3.8) is 0 Å². The van der Waals surface area contributed by atoms with Crippen molar-refractivity contribution in [3.8, 4) is 0 Å². The lowest BCUT2D eigenvalue weighted by Crippen LogP contribution is -2.15. The Bertz CT molecular complexity index is 384. The van der Waals surface area contributed by atoms with Gasteiger partial charge in [0.05, 0.1) is 5.69 Å². The average Bonchev–Trinajstić information content (AvgIpc) is 2.09. The molecule has 0 saturated carbocycles. The average molecular weight is 250 g/mol. The molecule has 84 valence electrons. The van der Waals surface area contributed by atoms with Crippen LogP contribution in [-0.2, 0) is 6.18 Å². The summed E-state index contributed by atoms with van der Waals surface area (Å²) < 4.78 is 74.5. The number of benzene rings is 1. The maximum atomic E-state index is 12.9. The molecule has 0 aliphatic heterocycles. The molecule has 0 amide bonds. The van der Waals surface area contributed by atoms with Gasteiger partial charge in [0.1, 0.15) is 10.6 Å². The van der Waals surface area contributed by atoms with E-state index in [-0.39, 0.29) is 0 Å². The van der Waals surface area contributed by atoms with Crippen molar-refractivity contribution in [1.29, 1.82) is 0 Å². The van der Waals surface area contributed by atoms with E-state index < -0.39 is 39.9 Å². The maximum Gasteiger partial charge on any atom is 0.422 e. The predicted molar refractivity (Wildman–Crippen MR) is 40.7 cm³/mol. The summed E-state index contributed by atoms with van der Waals surface area (Å²) in [6, 6.07) is 0. The number of alkyl halides is 3. The van der Waals surface area contributed by atoms with E-state index in [2.05, 4.69) is 0 Å². The summed E-state index contributed by atoms with van der Waals surface area (Å²) in [5, 5.41) is -1.29. The van der Waals surface area contributed by atoms with E-state index in [9.17, 15) is 26.3 Å².